The molecule has 2 aromatic carbocycles. The largest absolute Gasteiger partial charge is 0.497 e. The third kappa shape index (κ3) is 4.67. The molecule has 5 heteroatoms. The van der Waals surface area contributed by atoms with Crippen LogP contribution in [0.15, 0.2) is 48.5 Å². The maximum Gasteiger partial charge on any atom is 0.321 e. The second kappa shape index (κ2) is 8.26. The summed E-state index contributed by atoms with van der Waals surface area (Å²) in [4.78, 5) is 14.6. The summed E-state index contributed by atoms with van der Waals surface area (Å²) in [5.74, 6) is 1.21. The quantitative estimate of drug-likeness (QED) is 0.824. The predicted octanol–water partition coefficient (Wildman–Crippen LogP) is 5.15. The summed E-state index contributed by atoms with van der Waals surface area (Å²) in [6.07, 6.45) is 3.25. The first-order valence-corrected chi connectivity index (χ1v) is 8.99. The molecule has 1 heterocycles. The Kier molecular flexibility index (Phi) is 5.82. The molecule has 1 aliphatic rings. The molecule has 0 bridgehead atoms. The van der Waals surface area contributed by atoms with Gasteiger partial charge < -0.3 is 15.0 Å². The van der Waals surface area contributed by atoms with Gasteiger partial charge in [0.2, 0.25) is 0 Å². The van der Waals surface area contributed by atoms with Gasteiger partial charge in [0.05, 0.1) is 7.11 Å². The zero-order chi connectivity index (χ0) is 17.6. The van der Waals surface area contributed by atoms with Gasteiger partial charge in [0.25, 0.3) is 0 Å². The average Bonchev–Trinajstić information content (AvgIpc) is 2.90. The highest BCUT2D eigenvalue weighted by atomic mass is 35.5. The molecule has 1 unspecified atom stereocenters. The first kappa shape index (κ1) is 17.6. The van der Waals surface area contributed by atoms with E-state index in [4.69, 9.17) is 16.3 Å². The Morgan fingerprint density at radius 3 is 2.52 bits per heavy atom. The van der Waals surface area contributed by atoms with Gasteiger partial charge in [0, 0.05) is 29.7 Å². The fraction of sp³-hybridized carbons (Fsp3) is 0.350. The Balaban J connectivity index is 1.67. The topological polar surface area (TPSA) is 41.6 Å². The summed E-state index contributed by atoms with van der Waals surface area (Å²) in [5, 5.41) is 3.62. The second-order valence-electron chi connectivity index (χ2n) is 6.35. The van der Waals surface area contributed by atoms with Crippen LogP contribution >= 0.6 is 11.6 Å². The normalized spacial score (nSPS) is 17.7. The molecule has 4 nitrogen and oxygen atoms in total. The van der Waals surface area contributed by atoms with Crippen molar-refractivity contribution < 1.29 is 9.53 Å². The molecule has 1 aliphatic heterocycles. The highest BCUT2D eigenvalue weighted by Crippen LogP contribution is 2.28. The minimum Gasteiger partial charge on any atom is -0.497 e. The molecule has 0 aliphatic carbocycles. The molecule has 0 saturated carbocycles. The van der Waals surface area contributed by atoms with E-state index in [0.717, 1.165) is 43.8 Å². The lowest BCUT2D eigenvalue weighted by Gasteiger charge is -2.25. The third-order valence-electron chi connectivity index (χ3n) is 4.64. The van der Waals surface area contributed by atoms with E-state index in [2.05, 4.69) is 17.4 Å². The van der Waals surface area contributed by atoms with E-state index in [9.17, 15) is 4.79 Å². The number of carbonyl (C=O) groups excluding carboxylic acids is 1. The van der Waals surface area contributed by atoms with Crippen molar-refractivity contribution in [1.82, 2.24) is 4.90 Å². The van der Waals surface area contributed by atoms with Crippen molar-refractivity contribution in [2.45, 2.75) is 25.2 Å². The molecule has 3 rings (SSSR count). The van der Waals surface area contributed by atoms with Gasteiger partial charge >= 0.3 is 6.03 Å². The molecular weight excluding hydrogens is 336 g/mol. The van der Waals surface area contributed by atoms with Crippen molar-refractivity contribution in [3.05, 3.63) is 59.1 Å². The van der Waals surface area contributed by atoms with Crippen molar-refractivity contribution in [3.8, 4) is 5.75 Å². The van der Waals surface area contributed by atoms with Crippen molar-refractivity contribution in [1.29, 1.82) is 0 Å². The van der Waals surface area contributed by atoms with Crippen LogP contribution in [0.25, 0.3) is 0 Å². The lowest BCUT2D eigenvalue weighted by atomic mass is 9.94. The number of halogens is 1. The Hall–Kier alpha value is -2.20. The molecule has 25 heavy (non-hydrogen) atoms. The molecule has 0 aromatic heterocycles. The minimum atomic E-state index is -0.0530. The molecule has 0 radical (unpaired) electrons. The highest BCUT2D eigenvalue weighted by molar-refractivity contribution is 6.30. The Morgan fingerprint density at radius 2 is 1.84 bits per heavy atom. The van der Waals surface area contributed by atoms with Crippen molar-refractivity contribution in [2.75, 3.05) is 25.5 Å². The number of nitrogens with one attached hydrogen (secondary N) is 1. The molecule has 2 aromatic rings. The minimum absolute atomic E-state index is 0.0530. The first-order valence-electron chi connectivity index (χ1n) is 8.61. The van der Waals surface area contributed by atoms with E-state index in [1.165, 1.54) is 5.56 Å². The monoisotopic (exact) mass is 358 g/mol. The van der Waals surface area contributed by atoms with E-state index in [1.54, 1.807) is 19.2 Å². The molecule has 1 saturated heterocycles. The van der Waals surface area contributed by atoms with E-state index < -0.39 is 0 Å². The van der Waals surface area contributed by atoms with E-state index in [1.807, 2.05) is 29.2 Å². The fourth-order valence-electron chi connectivity index (χ4n) is 3.21. The number of rotatable bonds is 3. The van der Waals surface area contributed by atoms with Gasteiger partial charge in [-0.1, -0.05) is 30.2 Å². The van der Waals surface area contributed by atoms with E-state index in [0.29, 0.717) is 10.9 Å². The lowest BCUT2D eigenvalue weighted by Crippen LogP contribution is -2.37. The molecular formula is C20H23ClN2O2. The Bertz CT molecular complexity index is 701. The van der Waals surface area contributed by atoms with E-state index >= 15 is 0 Å². The Labute approximate surface area is 153 Å². The molecule has 132 valence electrons. The molecule has 2 amide bonds. The van der Waals surface area contributed by atoms with Crippen molar-refractivity contribution in [2.24, 2.45) is 0 Å². The highest BCUT2D eigenvalue weighted by Gasteiger charge is 2.23. The average molecular weight is 359 g/mol. The molecule has 1 fully saturated rings. The van der Waals surface area contributed by atoms with Gasteiger partial charge in [-0.25, -0.2) is 4.79 Å². The van der Waals surface area contributed by atoms with Crippen LogP contribution in [0, 0.1) is 0 Å². The zero-order valence-electron chi connectivity index (χ0n) is 14.4. The number of likely N-dealkylation sites (tertiary alicyclic amines) is 1. The van der Waals surface area contributed by atoms with Gasteiger partial charge in [0.15, 0.2) is 0 Å². The van der Waals surface area contributed by atoms with E-state index in [-0.39, 0.29) is 6.03 Å². The number of methoxy groups -OCH3 is 1. The van der Waals surface area contributed by atoms with Crippen LogP contribution in [0.1, 0.15) is 30.7 Å². The molecule has 1 atom stereocenters. The summed E-state index contributed by atoms with van der Waals surface area (Å²) in [7, 11) is 1.67. The molecule has 0 spiro atoms. The Morgan fingerprint density at radius 1 is 1.12 bits per heavy atom. The van der Waals surface area contributed by atoms with Crippen LogP contribution in [0.3, 0.4) is 0 Å². The van der Waals surface area contributed by atoms with Crippen molar-refractivity contribution in [3.63, 3.8) is 0 Å². The fourth-order valence-corrected chi connectivity index (χ4v) is 3.34. The number of nitrogens with zero attached hydrogens (tertiary/aromatic N) is 1. The summed E-state index contributed by atoms with van der Waals surface area (Å²) < 4.78 is 5.23. The maximum atomic E-state index is 12.6. The van der Waals surface area contributed by atoms with Crippen LogP contribution in [0.2, 0.25) is 5.02 Å². The SMILES string of the molecule is COc1ccc(C2CCCCN(C(=O)Nc3ccc(Cl)cc3)C2)cc1. The standard InChI is InChI=1S/C20H23ClN2O2/c1-25-19-11-5-15(6-12-19)16-4-2-3-13-23(14-16)20(24)22-18-9-7-17(21)8-10-18/h5-12,16H,2-4,13-14H2,1H3,(H,22,24). The maximum absolute atomic E-state index is 12.6. The number of amides is 2. The summed E-state index contributed by atoms with van der Waals surface area (Å²) in [5.41, 5.74) is 2.02. The number of carbonyl (C=O) groups is 1. The smallest absolute Gasteiger partial charge is 0.321 e. The van der Waals surface area contributed by atoms with Crippen LogP contribution < -0.4 is 10.1 Å². The first-order chi connectivity index (χ1) is 12.2. The zero-order valence-corrected chi connectivity index (χ0v) is 15.1. The summed E-state index contributed by atoms with van der Waals surface area (Å²) in [6, 6.07) is 15.3. The predicted molar refractivity (Wildman–Crippen MR) is 102 cm³/mol. The summed E-state index contributed by atoms with van der Waals surface area (Å²) >= 11 is 5.89. The number of ether oxygens (including phenoxy) is 1. The van der Waals surface area contributed by atoms with Gasteiger partial charge in [-0.3, -0.25) is 0 Å². The van der Waals surface area contributed by atoms with Gasteiger partial charge in [-0.15, -0.1) is 0 Å². The lowest BCUT2D eigenvalue weighted by molar-refractivity contribution is 0.211. The van der Waals surface area contributed by atoms with Crippen molar-refractivity contribution >= 4 is 23.3 Å². The summed E-state index contributed by atoms with van der Waals surface area (Å²) in [6.45, 7) is 1.51. The number of urea groups is 1. The van der Waals surface area contributed by atoms with Crippen LogP contribution in [-0.4, -0.2) is 31.1 Å². The van der Waals surface area contributed by atoms with Crippen LogP contribution in [0.5, 0.6) is 5.75 Å². The van der Waals surface area contributed by atoms with Gasteiger partial charge in [-0.2, -0.15) is 0 Å². The second-order valence-corrected chi connectivity index (χ2v) is 6.79. The third-order valence-corrected chi connectivity index (χ3v) is 4.89. The van der Waals surface area contributed by atoms with Gasteiger partial charge in [0.1, 0.15) is 5.75 Å². The number of hydrogen-bond donors (Lipinski definition) is 1. The number of anilines is 1. The van der Waals surface area contributed by atoms with Crippen LogP contribution in [-0.2, 0) is 0 Å². The van der Waals surface area contributed by atoms with Crippen LogP contribution in [0.4, 0.5) is 10.5 Å². The molecule has 1 N–H and O–H groups in total. The van der Waals surface area contributed by atoms with Gasteiger partial charge in [-0.05, 0) is 54.8 Å². The number of benzene rings is 2. The number of hydrogen-bond acceptors (Lipinski definition) is 2.